The van der Waals surface area contributed by atoms with Crippen LogP contribution >= 0.6 is 0 Å². The van der Waals surface area contributed by atoms with Gasteiger partial charge in [-0.25, -0.2) is 0 Å². The first-order chi connectivity index (χ1) is 13.7. The van der Waals surface area contributed by atoms with Crippen LogP contribution < -0.4 is 0 Å². The Morgan fingerprint density at radius 3 is 2.07 bits per heavy atom. The maximum atomic E-state index is 9.43. The van der Waals surface area contributed by atoms with Crippen LogP contribution in [0.5, 0.6) is 5.75 Å². The van der Waals surface area contributed by atoms with Crippen molar-refractivity contribution in [2.75, 3.05) is 32.7 Å². The highest BCUT2D eigenvalue weighted by molar-refractivity contribution is 5.64. The molecular weight excluding hydrogens is 344 g/mol. The number of phenolic OH excluding ortho intramolecular Hbond substituents is 1. The fraction of sp³-hybridized carbons (Fsp3) is 0.280. The Morgan fingerprint density at radius 1 is 0.929 bits per heavy atom. The van der Waals surface area contributed by atoms with E-state index in [4.69, 9.17) is 0 Å². The number of benzene rings is 2. The molecule has 0 unspecified atom stereocenters. The normalized spacial score (nSPS) is 16.5. The number of phenols is 1. The van der Waals surface area contributed by atoms with Gasteiger partial charge in [0.2, 0.25) is 0 Å². The Labute approximate surface area is 168 Å². The van der Waals surface area contributed by atoms with Crippen molar-refractivity contribution in [3.8, 4) is 16.9 Å². The van der Waals surface area contributed by atoms with Gasteiger partial charge in [0.05, 0.1) is 0 Å². The number of hydrogen-bond acceptors (Lipinski definition) is 3. The average Bonchev–Trinajstić information content (AvgIpc) is 2.71. The Morgan fingerprint density at radius 2 is 1.50 bits per heavy atom. The molecule has 1 saturated heterocycles. The first-order valence-corrected chi connectivity index (χ1v) is 9.95. The van der Waals surface area contributed by atoms with Crippen molar-refractivity contribution in [1.82, 2.24) is 9.80 Å². The van der Waals surface area contributed by atoms with E-state index >= 15 is 0 Å². The van der Waals surface area contributed by atoms with Crippen molar-refractivity contribution in [3.05, 3.63) is 90.6 Å². The Hall–Kier alpha value is -2.62. The van der Waals surface area contributed by atoms with Gasteiger partial charge in [0, 0.05) is 39.3 Å². The lowest BCUT2D eigenvalue weighted by atomic mass is 10.0. The van der Waals surface area contributed by atoms with Crippen LogP contribution in [0.4, 0.5) is 0 Å². The molecular formula is C25H30N2O. The summed E-state index contributed by atoms with van der Waals surface area (Å²) in [5.41, 5.74) is 4.97. The number of allylic oxidation sites excluding steroid dienone is 3. The minimum absolute atomic E-state index is 0.303. The highest BCUT2D eigenvalue weighted by Crippen LogP contribution is 2.22. The van der Waals surface area contributed by atoms with Crippen LogP contribution in [0, 0.1) is 0 Å². The molecule has 146 valence electrons. The summed E-state index contributed by atoms with van der Waals surface area (Å²) >= 11 is 0. The van der Waals surface area contributed by atoms with Crippen LogP contribution in [0.3, 0.4) is 0 Å². The van der Waals surface area contributed by atoms with Crippen LogP contribution in [0.2, 0.25) is 0 Å². The minimum Gasteiger partial charge on any atom is -0.508 e. The molecule has 1 heterocycles. The van der Waals surface area contributed by atoms with Gasteiger partial charge in [-0.3, -0.25) is 9.80 Å². The standard InChI is InChI=1S/C25H30N2O/c1-3-5-21(6-4-2)19-26-15-17-27(18-16-26)20-22-7-9-23(10-8-22)24-11-13-25(28)14-12-24/h3-14,28H,1,15-20H2,2H3/b6-4-,21-5+. The quantitative estimate of drug-likeness (QED) is 0.701. The molecule has 0 amide bonds. The molecule has 0 atom stereocenters. The molecule has 0 aliphatic carbocycles. The SMILES string of the molecule is C=C/C=C(\C=C/C)CN1CCN(Cc2ccc(-c3ccc(O)cc3)cc2)CC1. The molecule has 2 aromatic carbocycles. The van der Waals surface area contributed by atoms with Crippen LogP contribution in [-0.2, 0) is 6.54 Å². The van der Waals surface area contributed by atoms with E-state index in [0.29, 0.717) is 5.75 Å². The molecule has 3 nitrogen and oxygen atoms in total. The lowest BCUT2D eigenvalue weighted by Crippen LogP contribution is -2.46. The number of rotatable bonds is 7. The molecule has 1 fully saturated rings. The van der Waals surface area contributed by atoms with Gasteiger partial charge in [-0.15, -0.1) is 0 Å². The van der Waals surface area contributed by atoms with Gasteiger partial charge in [0.15, 0.2) is 0 Å². The van der Waals surface area contributed by atoms with E-state index in [-0.39, 0.29) is 0 Å². The molecule has 1 N–H and O–H groups in total. The van der Waals surface area contributed by atoms with Crippen LogP contribution in [0.1, 0.15) is 12.5 Å². The number of aromatic hydroxyl groups is 1. The molecule has 0 radical (unpaired) electrons. The summed E-state index contributed by atoms with van der Waals surface area (Å²) in [5.74, 6) is 0.303. The van der Waals surface area contributed by atoms with E-state index in [1.165, 1.54) is 16.7 Å². The van der Waals surface area contributed by atoms with Gasteiger partial charge >= 0.3 is 0 Å². The van der Waals surface area contributed by atoms with E-state index < -0.39 is 0 Å². The van der Waals surface area contributed by atoms with E-state index in [9.17, 15) is 5.11 Å². The summed E-state index contributed by atoms with van der Waals surface area (Å²) in [4.78, 5) is 5.04. The Balaban J connectivity index is 1.51. The van der Waals surface area contributed by atoms with Crippen molar-refractivity contribution in [2.45, 2.75) is 13.5 Å². The van der Waals surface area contributed by atoms with E-state index in [0.717, 1.165) is 44.8 Å². The molecule has 0 bridgehead atoms. The zero-order chi connectivity index (χ0) is 19.8. The van der Waals surface area contributed by atoms with E-state index in [1.807, 2.05) is 18.2 Å². The summed E-state index contributed by atoms with van der Waals surface area (Å²) in [5, 5.41) is 9.43. The molecule has 1 aliphatic heterocycles. The third kappa shape index (κ3) is 5.69. The summed E-state index contributed by atoms with van der Waals surface area (Å²) in [6.07, 6.45) is 8.23. The van der Waals surface area contributed by atoms with Crippen LogP contribution in [-0.4, -0.2) is 47.6 Å². The number of nitrogens with zero attached hydrogens (tertiary/aromatic N) is 2. The summed E-state index contributed by atoms with van der Waals surface area (Å²) in [6, 6.07) is 16.1. The molecule has 28 heavy (non-hydrogen) atoms. The largest absolute Gasteiger partial charge is 0.508 e. The van der Waals surface area contributed by atoms with Gasteiger partial charge < -0.3 is 5.11 Å². The molecule has 0 saturated carbocycles. The first kappa shape index (κ1) is 20.1. The van der Waals surface area contributed by atoms with Crippen molar-refractivity contribution in [2.24, 2.45) is 0 Å². The summed E-state index contributed by atoms with van der Waals surface area (Å²) < 4.78 is 0. The molecule has 1 aliphatic rings. The predicted octanol–water partition coefficient (Wildman–Crippen LogP) is 4.87. The molecule has 3 heteroatoms. The lowest BCUT2D eigenvalue weighted by molar-refractivity contribution is 0.135. The fourth-order valence-electron chi connectivity index (χ4n) is 3.60. The highest BCUT2D eigenvalue weighted by Gasteiger charge is 2.17. The van der Waals surface area contributed by atoms with Crippen molar-refractivity contribution >= 4 is 0 Å². The second kappa shape index (κ2) is 10.1. The van der Waals surface area contributed by atoms with E-state index in [2.05, 4.69) is 65.8 Å². The van der Waals surface area contributed by atoms with Crippen LogP contribution in [0.15, 0.2) is 85.0 Å². The van der Waals surface area contributed by atoms with Crippen LogP contribution in [0.25, 0.3) is 11.1 Å². The zero-order valence-corrected chi connectivity index (χ0v) is 16.7. The average molecular weight is 375 g/mol. The monoisotopic (exact) mass is 374 g/mol. The van der Waals surface area contributed by atoms with Crippen molar-refractivity contribution < 1.29 is 5.11 Å². The van der Waals surface area contributed by atoms with Crippen molar-refractivity contribution in [3.63, 3.8) is 0 Å². The first-order valence-electron chi connectivity index (χ1n) is 9.95. The predicted molar refractivity (Wildman–Crippen MR) is 118 cm³/mol. The Bertz CT molecular complexity index is 811. The van der Waals surface area contributed by atoms with Crippen molar-refractivity contribution in [1.29, 1.82) is 0 Å². The van der Waals surface area contributed by atoms with Gasteiger partial charge in [0.1, 0.15) is 5.75 Å². The second-order valence-corrected chi connectivity index (χ2v) is 7.27. The Kier molecular flexibility index (Phi) is 7.24. The van der Waals surface area contributed by atoms with Gasteiger partial charge in [-0.2, -0.15) is 0 Å². The lowest BCUT2D eigenvalue weighted by Gasteiger charge is -2.35. The number of piperazine rings is 1. The summed E-state index contributed by atoms with van der Waals surface area (Å²) in [6.45, 7) is 12.2. The third-order valence-corrected chi connectivity index (χ3v) is 5.14. The second-order valence-electron chi connectivity index (χ2n) is 7.27. The maximum Gasteiger partial charge on any atom is 0.115 e. The molecule has 2 aromatic rings. The third-order valence-electron chi connectivity index (χ3n) is 5.14. The van der Waals surface area contributed by atoms with Gasteiger partial charge in [-0.05, 0) is 41.3 Å². The smallest absolute Gasteiger partial charge is 0.115 e. The van der Waals surface area contributed by atoms with Gasteiger partial charge in [-0.1, -0.05) is 67.3 Å². The fourth-order valence-corrected chi connectivity index (χ4v) is 3.60. The highest BCUT2D eigenvalue weighted by atomic mass is 16.3. The molecule has 0 spiro atoms. The number of hydrogen-bond donors (Lipinski definition) is 1. The topological polar surface area (TPSA) is 26.7 Å². The molecule has 0 aromatic heterocycles. The zero-order valence-electron chi connectivity index (χ0n) is 16.7. The maximum absolute atomic E-state index is 9.43. The molecule has 3 rings (SSSR count). The minimum atomic E-state index is 0.303. The summed E-state index contributed by atoms with van der Waals surface area (Å²) in [7, 11) is 0. The van der Waals surface area contributed by atoms with Gasteiger partial charge in [0.25, 0.3) is 0 Å². The van der Waals surface area contributed by atoms with E-state index in [1.54, 1.807) is 12.1 Å².